The van der Waals surface area contributed by atoms with E-state index in [9.17, 15) is 9.90 Å². The van der Waals surface area contributed by atoms with Gasteiger partial charge in [0.15, 0.2) is 0 Å². The monoisotopic (exact) mass is 355 g/mol. The number of halogens is 1. The molecule has 1 aliphatic rings. The van der Waals surface area contributed by atoms with Gasteiger partial charge in [-0.1, -0.05) is 6.92 Å². The second-order valence-corrected chi connectivity index (χ2v) is 6.26. The highest BCUT2D eigenvalue weighted by Gasteiger charge is 2.31. The van der Waals surface area contributed by atoms with E-state index in [4.69, 9.17) is 0 Å². The van der Waals surface area contributed by atoms with E-state index in [1.807, 2.05) is 31.0 Å². The normalized spacial score (nSPS) is 18.3. The van der Waals surface area contributed by atoms with Gasteiger partial charge in [-0.05, 0) is 48.0 Å². The quantitative estimate of drug-likeness (QED) is 0.732. The highest BCUT2D eigenvalue weighted by atomic mass is 79.9. The van der Waals surface area contributed by atoms with Crippen molar-refractivity contribution < 1.29 is 9.90 Å². The Kier molecular flexibility index (Phi) is 5.24. The Morgan fingerprint density at radius 2 is 2.24 bits per heavy atom. The highest BCUT2D eigenvalue weighted by Crippen LogP contribution is 2.39. The summed E-state index contributed by atoms with van der Waals surface area (Å²) in [5.41, 5.74) is 2.75. The predicted octanol–water partition coefficient (Wildman–Crippen LogP) is 2.26. The third-order valence-corrected chi connectivity index (χ3v) is 4.49. The van der Waals surface area contributed by atoms with Gasteiger partial charge in [0.25, 0.3) is 0 Å². The summed E-state index contributed by atoms with van der Waals surface area (Å²) in [6.07, 6.45) is 0.981. The van der Waals surface area contributed by atoms with Crippen molar-refractivity contribution in [3.8, 4) is 0 Å². The summed E-state index contributed by atoms with van der Waals surface area (Å²) in [7, 11) is 1.93. The maximum absolute atomic E-state index is 12.1. The third-order valence-electron chi connectivity index (χ3n) is 3.85. The minimum Gasteiger partial charge on any atom is -0.394 e. The van der Waals surface area contributed by atoms with E-state index >= 15 is 0 Å². The molecule has 21 heavy (non-hydrogen) atoms. The number of hydrogen-bond acceptors (Lipinski definition) is 4. The van der Waals surface area contributed by atoms with Gasteiger partial charge in [-0.3, -0.25) is 4.79 Å². The molecule has 2 atom stereocenters. The molecule has 0 spiro atoms. The summed E-state index contributed by atoms with van der Waals surface area (Å²) in [6, 6.07) is 3.66. The van der Waals surface area contributed by atoms with Crippen molar-refractivity contribution in [3.05, 3.63) is 22.2 Å². The summed E-state index contributed by atoms with van der Waals surface area (Å²) in [4.78, 5) is 14.1. The second-order valence-electron chi connectivity index (χ2n) is 5.41. The number of hydrogen-bond donors (Lipinski definition) is 3. The van der Waals surface area contributed by atoms with Gasteiger partial charge in [0.2, 0.25) is 5.91 Å². The van der Waals surface area contributed by atoms with E-state index in [0.717, 1.165) is 34.4 Å². The first-order valence-electron chi connectivity index (χ1n) is 7.21. The molecule has 1 aromatic rings. The zero-order valence-corrected chi connectivity index (χ0v) is 14.2. The first-order valence-corrected chi connectivity index (χ1v) is 8.00. The van der Waals surface area contributed by atoms with Crippen LogP contribution in [0.25, 0.3) is 0 Å². The fourth-order valence-electron chi connectivity index (χ4n) is 2.39. The number of carbonyl (C=O) groups is 1. The van der Waals surface area contributed by atoms with Crippen molar-refractivity contribution in [1.29, 1.82) is 0 Å². The summed E-state index contributed by atoms with van der Waals surface area (Å²) in [5, 5.41) is 15.5. The molecule has 1 amide bonds. The van der Waals surface area contributed by atoms with Gasteiger partial charge in [0.05, 0.1) is 12.3 Å². The van der Waals surface area contributed by atoms with E-state index in [1.165, 1.54) is 0 Å². The van der Waals surface area contributed by atoms with Gasteiger partial charge >= 0.3 is 0 Å². The molecule has 0 saturated heterocycles. The van der Waals surface area contributed by atoms with Crippen LogP contribution in [0.15, 0.2) is 16.6 Å². The predicted molar refractivity (Wildman–Crippen MR) is 88.8 cm³/mol. The minimum atomic E-state index is -0.286. The average Bonchev–Trinajstić information content (AvgIpc) is 2.77. The molecule has 3 N–H and O–H groups in total. The van der Waals surface area contributed by atoms with Crippen LogP contribution in [0.3, 0.4) is 0 Å². The zero-order valence-electron chi connectivity index (χ0n) is 12.6. The molecule has 116 valence electrons. The Labute approximate surface area is 133 Å². The number of amides is 1. The molecule has 1 aliphatic heterocycles. The van der Waals surface area contributed by atoms with Gasteiger partial charge < -0.3 is 20.6 Å². The maximum Gasteiger partial charge on any atom is 0.246 e. The molecule has 0 aliphatic carbocycles. The van der Waals surface area contributed by atoms with Crippen LogP contribution < -0.4 is 15.5 Å². The number of carbonyl (C=O) groups excluding carboxylic acids is 1. The Morgan fingerprint density at radius 1 is 1.52 bits per heavy atom. The smallest absolute Gasteiger partial charge is 0.246 e. The number of likely N-dealkylation sites (N-methyl/N-ethyl adjacent to an activating group) is 1. The minimum absolute atomic E-state index is 0.00506. The standard InChI is InChI=1S/C15H22BrN3O2/c1-4-5-17-14-10-6-11(16)13(19(3)9(2)8-20)7-12(10)18-15(14)21/h6-7,9,14,17,20H,4-5,8H2,1-3H3,(H,18,21). The Morgan fingerprint density at radius 3 is 2.86 bits per heavy atom. The van der Waals surface area contributed by atoms with Crippen LogP contribution in [0.2, 0.25) is 0 Å². The number of rotatable bonds is 6. The lowest BCUT2D eigenvalue weighted by Crippen LogP contribution is -2.32. The van der Waals surface area contributed by atoms with E-state index in [0.29, 0.717) is 0 Å². The Hall–Kier alpha value is -1.11. The summed E-state index contributed by atoms with van der Waals surface area (Å²) < 4.78 is 0.920. The van der Waals surface area contributed by atoms with Crippen LogP contribution in [0.1, 0.15) is 31.9 Å². The average molecular weight is 356 g/mol. The summed E-state index contributed by atoms with van der Waals surface area (Å²) >= 11 is 3.57. The van der Waals surface area contributed by atoms with Crippen molar-refractivity contribution in [1.82, 2.24) is 5.32 Å². The molecule has 5 nitrogen and oxygen atoms in total. The Balaban J connectivity index is 2.32. The fraction of sp³-hybridized carbons (Fsp3) is 0.533. The van der Waals surface area contributed by atoms with Crippen LogP contribution in [0.4, 0.5) is 11.4 Å². The van der Waals surface area contributed by atoms with Crippen LogP contribution in [-0.4, -0.2) is 37.3 Å². The van der Waals surface area contributed by atoms with E-state index in [1.54, 1.807) is 0 Å². The van der Waals surface area contributed by atoms with Crippen molar-refractivity contribution in [2.75, 3.05) is 30.4 Å². The largest absolute Gasteiger partial charge is 0.394 e. The molecule has 0 saturated carbocycles. The number of nitrogens with one attached hydrogen (secondary N) is 2. The van der Waals surface area contributed by atoms with Gasteiger partial charge in [0, 0.05) is 28.8 Å². The lowest BCUT2D eigenvalue weighted by atomic mass is 10.1. The maximum atomic E-state index is 12.1. The lowest BCUT2D eigenvalue weighted by Gasteiger charge is -2.27. The van der Waals surface area contributed by atoms with Gasteiger partial charge in [0.1, 0.15) is 6.04 Å². The van der Waals surface area contributed by atoms with Crippen LogP contribution >= 0.6 is 15.9 Å². The SMILES string of the molecule is CCCNC1C(=O)Nc2cc(N(C)C(C)CO)c(Br)cc21. The molecule has 2 rings (SSSR count). The molecule has 0 aromatic heterocycles. The number of benzene rings is 1. The summed E-state index contributed by atoms with van der Waals surface area (Å²) in [6.45, 7) is 4.90. The van der Waals surface area contributed by atoms with Crippen molar-refractivity contribution in [3.63, 3.8) is 0 Å². The first kappa shape index (κ1) is 16.3. The van der Waals surface area contributed by atoms with E-state index < -0.39 is 0 Å². The third kappa shape index (κ3) is 3.22. The molecular weight excluding hydrogens is 334 g/mol. The summed E-state index contributed by atoms with van der Waals surface area (Å²) in [5.74, 6) is -0.0136. The van der Waals surface area contributed by atoms with E-state index in [2.05, 4.69) is 33.5 Å². The van der Waals surface area contributed by atoms with Crippen molar-refractivity contribution in [2.24, 2.45) is 0 Å². The van der Waals surface area contributed by atoms with Crippen molar-refractivity contribution in [2.45, 2.75) is 32.4 Å². The van der Waals surface area contributed by atoms with Crippen molar-refractivity contribution >= 4 is 33.2 Å². The topological polar surface area (TPSA) is 64.6 Å². The van der Waals surface area contributed by atoms with Gasteiger partial charge in [-0.25, -0.2) is 0 Å². The number of fused-ring (bicyclic) bond motifs is 1. The second kappa shape index (κ2) is 6.77. The van der Waals surface area contributed by atoms with Crippen LogP contribution in [-0.2, 0) is 4.79 Å². The number of aliphatic hydroxyl groups is 1. The van der Waals surface area contributed by atoms with Crippen LogP contribution in [0.5, 0.6) is 0 Å². The Bertz CT molecular complexity index is 536. The molecule has 0 radical (unpaired) electrons. The van der Waals surface area contributed by atoms with Gasteiger partial charge in [-0.15, -0.1) is 0 Å². The van der Waals surface area contributed by atoms with E-state index in [-0.39, 0.29) is 24.6 Å². The molecule has 2 unspecified atom stereocenters. The van der Waals surface area contributed by atoms with Crippen LogP contribution in [0, 0.1) is 0 Å². The number of nitrogens with zero attached hydrogens (tertiary/aromatic N) is 1. The molecule has 1 heterocycles. The molecule has 6 heteroatoms. The number of anilines is 2. The first-order chi connectivity index (χ1) is 9.99. The van der Waals surface area contributed by atoms with Gasteiger partial charge in [-0.2, -0.15) is 0 Å². The molecule has 0 fully saturated rings. The molecular formula is C15H22BrN3O2. The fourth-order valence-corrected chi connectivity index (χ4v) is 3.03. The highest BCUT2D eigenvalue weighted by molar-refractivity contribution is 9.10. The lowest BCUT2D eigenvalue weighted by molar-refractivity contribution is -0.117. The zero-order chi connectivity index (χ0) is 15.6. The number of aliphatic hydroxyl groups excluding tert-OH is 1. The molecule has 0 bridgehead atoms. The molecule has 1 aromatic carbocycles.